The molecule has 38 heavy (non-hydrogen) atoms. The molecular formula is C34H44O4. The summed E-state index contributed by atoms with van der Waals surface area (Å²) in [4.78, 5) is 12.7. The number of hydrogen-bond donors (Lipinski definition) is 2. The minimum absolute atomic E-state index is 0.141. The van der Waals surface area contributed by atoms with Crippen molar-refractivity contribution in [2.45, 2.75) is 89.9 Å². The van der Waals surface area contributed by atoms with Crippen LogP contribution in [-0.4, -0.2) is 34.5 Å². The summed E-state index contributed by atoms with van der Waals surface area (Å²) in [6, 6.07) is 9.29. The average molecular weight is 517 g/mol. The number of benzene rings is 1. The van der Waals surface area contributed by atoms with E-state index in [2.05, 4.69) is 44.7 Å². The molecule has 0 saturated heterocycles. The highest BCUT2D eigenvalue weighted by molar-refractivity contribution is 5.89. The van der Waals surface area contributed by atoms with Crippen molar-refractivity contribution in [3.05, 3.63) is 83.5 Å². The van der Waals surface area contributed by atoms with Gasteiger partial charge in [0.2, 0.25) is 0 Å². The summed E-state index contributed by atoms with van der Waals surface area (Å²) in [7, 11) is 0. The Labute approximate surface area is 228 Å². The Kier molecular flexibility index (Phi) is 8.11. The number of ether oxygens (including phenoxy) is 1. The maximum Gasteiger partial charge on any atom is 0.338 e. The van der Waals surface area contributed by atoms with Gasteiger partial charge in [0.25, 0.3) is 0 Å². The first-order valence-electron chi connectivity index (χ1n) is 14.7. The van der Waals surface area contributed by atoms with Crippen LogP contribution in [0.5, 0.6) is 0 Å². The SMILES string of the molecule is C=C1/C(=C\C=C2/CCC[C@]3(C)[C@@H]([C@H](C)/C=C/[C@@H](OC(=O)c4ccccc4)C4CC4)CC[C@@H]23)C[C@@H](O)C[C@@H]1O. The van der Waals surface area contributed by atoms with Crippen molar-refractivity contribution < 1.29 is 19.7 Å². The van der Waals surface area contributed by atoms with E-state index in [1.807, 2.05) is 30.3 Å². The maximum atomic E-state index is 12.7. The Balaban J connectivity index is 1.27. The van der Waals surface area contributed by atoms with E-state index in [-0.39, 0.29) is 17.5 Å². The van der Waals surface area contributed by atoms with E-state index in [0.29, 0.717) is 42.1 Å². The molecule has 0 bridgehead atoms. The number of aliphatic hydroxyl groups excluding tert-OH is 2. The molecule has 4 aliphatic carbocycles. The van der Waals surface area contributed by atoms with Crippen LogP contribution in [0.15, 0.2) is 77.9 Å². The van der Waals surface area contributed by atoms with Gasteiger partial charge in [0.05, 0.1) is 17.8 Å². The second-order valence-corrected chi connectivity index (χ2v) is 12.5. The maximum absolute atomic E-state index is 12.7. The van der Waals surface area contributed by atoms with E-state index in [4.69, 9.17) is 4.74 Å². The fourth-order valence-electron chi connectivity index (χ4n) is 7.51. The lowest BCUT2D eigenvalue weighted by Crippen LogP contribution is -2.35. The average Bonchev–Trinajstić information content (AvgIpc) is 3.69. The number of carbonyl (C=O) groups excluding carboxylic acids is 1. The normalized spacial score (nSPS) is 35.4. The first kappa shape index (κ1) is 27.1. The lowest BCUT2D eigenvalue weighted by molar-refractivity contribution is 0.0353. The minimum Gasteiger partial charge on any atom is -0.454 e. The summed E-state index contributed by atoms with van der Waals surface area (Å²) in [5, 5.41) is 20.4. The van der Waals surface area contributed by atoms with E-state index < -0.39 is 12.2 Å². The Morgan fingerprint density at radius 2 is 1.87 bits per heavy atom. The molecule has 0 heterocycles. The van der Waals surface area contributed by atoms with Gasteiger partial charge in [-0.15, -0.1) is 0 Å². The summed E-state index contributed by atoms with van der Waals surface area (Å²) in [5.74, 6) is 1.79. The molecule has 0 aliphatic heterocycles. The van der Waals surface area contributed by atoms with Crippen LogP contribution in [-0.2, 0) is 4.74 Å². The van der Waals surface area contributed by atoms with Crippen LogP contribution in [0.25, 0.3) is 0 Å². The lowest BCUT2D eigenvalue weighted by atomic mass is 9.61. The quantitative estimate of drug-likeness (QED) is 0.304. The van der Waals surface area contributed by atoms with Crippen molar-refractivity contribution >= 4 is 5.97 Å². The molecule has 4 heteroatoms. The zero-order valence-electron chi connectivity index (χ0n) is 23.0. The molecule has 4 saturated carbocycles. The van der Waals surface area contributed by atoms with Gasteiger partial charge in [-0.25, -0.2) is 4.79 Å². The van der Waals surface area contributed by atoms with Gasteiger partial charge in [0, 0.05) is 6.42 Å². The third-order valence-electron chi connectivity index (χ3n) is 9.88. The van der Waals surface area contributed by atoms with Crippen molar-refractivity contribution in [3.8, 4) is 0 Å². The topological polar surface area (TPSA) is 66.8 Å². The van der Waals surface area contributed by atoms with E-state index in [0.717, 1.165) is 30.4 Å². The molecule has 0 spiro atoms. The van der Waals surface area contributed by atoms with Gasteiger partial charge in [0.15, 0.2) is 0 Å². The van der Waals surface area contributed by atoms with Gasteiger partial charge in [-0.05, 0) is 110 Å². The summed E-state index contributed by atoms with van der Waals surface area (Å²) in [5.41, 5.74) is 4.12. The molecule has 0 aromatic heterocycles. The zero-order chi connectivity index (χ0) is 26.9. The zero-order valence-corrected chi connectivity index (χ0v) is 23.0. The minimum atomic E-state index is -0.644. The van der Waals surface area contributed by atoms with Crippen LogP contribution in [0, 0.1) is 29.1 Å². The van der Waals surface area contributed by atoms with E-state index >= 15 is 0 Å². The van der Waals surface area contributed by atoms with Crippen molar-refractivity contribution in [2.75, 3.05) is 0 Å². The number of allylic oxidation sites excluding steroid dienone is 4. The monoisotopic (exact) mass is 516 g/mol. The van der Waals surface area contributed by atoms with E-state index in [1.165, 1.54) is 31.3 Å². The van der Waals surface area contributed by atoms with Gasteiger partial charge < -0.3 is 14.9 Å². The number of esters is 1. The van der Waals surface area contributed by atoms with Crippen LogP contribution in [0.1, 0.15) is 82.0 Å². The summed E-state index contributed by atoms with van der Waals surface area (Å²) in [6.45, 7) is 8.91. The highest BCUT2D eigenvalue weighted by Gasteiger charge is 2.50. The fraction of sp³-hybridized carbons (Fsp3) is 0.559. The van der Waals surface area contributed by atoms with E-state index in [9.17, 15) is 15.0 Å². The van der Waals surface area contributed by atoms with Crippen LogP contribution in [0.4, 0.5) is 0 Å². The number of fused-ring (bicyclic) bond motifs is 1. The molecule has 0 radical (unpaired) electrons. The third kappa shape index (κ3) is 5.77. The molecule has 7 atom stereocenters. The largest absolute Gasteiger partial charge is 0.454 e. The highest BCUT2D eigenvalue weighted by Crippen LogP contribution is 2.59. The first-order chi connectivity index (χ1) is 18.3. The summed E-state index contributed by atoms with van der Waals surface area (Å²) >= 11 is 0. The molecular weight excluding hydrogens is 472 g/mol. The molecule has 0 amide bonds. The highest BCUT2D eigenvalue weighted by atomic mass is 16.5. The van der Waals surface area contributed by atoms with Crippen LogP contribution >= 0.6 is 0 Å². The number of rotatable bonds is 7. The molecule has 4 aliphatic rings. The van der Waals surface area contributed by atoms with Crippen molar-refractivity contribution in [1.82, 2.24) is 0 Å². The Bertz CT molecular complexity index is 1110. The molecule has 1 aromatic carbocycles. The predicted octanol–water partition coefficient (Wildman–Crippen LogP) is 6.96. The number of hydrogen-bond acceptors (Lipinski definition) is 4. The van der Waals surface area contributed by atoms with Crippen LogP contribution in [0.2, 0.25) is 0 Å². The van der Waals surface area contributed by atoms with Gasteiger partial charge in [-0.3, -0.25) is 0 Å². The molecule has 204 valence electrons. The smallest absolute Gasteiger partial charge is 0.338 e. The van der Waals surface area contributed by atoms with Crippen molar-refractivity contribution in [3.63, 3.8) is 0 Å². The standard InChI is InChI=1S/C34H44O4/c1-22(11-18-32(25-13-14-25)38-33(37)26-8-5-4-6-9-26)29-16-17-30-24(10-7-19-34(29,30)3)12-15-27-20-28(35)21-31(36)23(27)2/h4-6,8-9,11-12,15,18,22,25,28-32,35-36H,2,7,10,13-14,16-17,19-21H2,1,3H3/b18-11+,24-12+,27-15-/t22-,28-,29-,30+,31+,32-,34-/m1/s1. The van der Waals surface area contributed by atoms with Gasteiger partial charge in [0.1, 0.15) is 6.10 Å². The Morgan fingerprint density at radius 1 is 1.11 bits per heavy atom. The summed E-state index contributed by atoms with van der Waals surface area (Å²) in [6.07, 6.45) is 16.8. The summed E-state index contributed by atoms with van der Waals surface area (Å²) < 4.78 is 5.95. The van der Waals surface area contributed by atoms with Gasteiger partial charge in [-0.1, -0.05) is 62.4 Å². The molecule has 1 aromatic rings. The Morgan fingerprint density at radius 3 is 2.61 bits per heavy atom. The second-order valence-electron chi connectivity index (χ2n) is 12.5. The van der Waals surface area contributed by atoms with Crippen molar-refractivity contribution in [1.29, 1.82) is 0 Å². The van der Waals surface area contributed by atoms with Crippen LogP contribution in [0.3, 0.4) is 0 Å². The third-order valence-corrected chi connectivity index (χ3v) is 9.88. The first-order valence-corrected chi connectivity index (χ1v) is 14.7. The second kappa shape index (κ2) is 11.4. The van der Waals surface area contributed by atoms with Crippen molar-refractivity contribution in [2.24, 2.45) is 29.1 Å². The number of carbonyl (C=O) groups is 1. The Hall–Kier alpha value is -2.43. The molecule has 4 nitrogen and oxygen atoms in total. The molecule has 4 fully saturated rings. The lowest BCUT2D eigenvalue weighted by Gasteiger charge is -2.44. The molecule has 0 unspecified atom stereocenters. The molecule has 5 rings (SSSR count). The van der Waals surface area contributed by atoms with Gasteiger partial charge in [-0.2, -0.15) is 0 Å². The fourth-order valence-corrected chi connectivity index (χ4v) is 7.51. The predicted molar refractivity (Wildman–Crippen MR) is 151 cm³/mol. The number of aliphatic hydroxyl groups is 2. The van der Waals surface area contributed by atoms with E-state index in [1.54, 1.807) is 0 Å². The molecule has 2 N–H and O–H groups in total. The van der Waals surface area contributed by atoms with Gasteiger partial charge >= 0.3 is 5.97 Å². The van der Waals surface area contributed by atoms with Crippen LogP contribution < -0.4 is 0 Å².